The lowest BCUT2D eigenvalue weighted by Gasteiger charge is -2.20. The van der Waals surface area contributed by atoms with Gasteiger partial charge in [0.05, 0.1) is 5.75 Å². The van der Waals surface area contributed by atoms with Gasteiger partial charge in [0.15, 0.2) is 5.16 Å². The van der Waals surface area contributed by atoms with Crippen LogP contribution in [0.4, 0.5) is 0 Å². The second-order valence-electron chi connectivity index (χ2n) is 5.53. The van der Waals surface area contributed by atoms with Crippen molar-refractivity contribution in [3.8, 4) is 0 Å². The van der Waals surface area contributed by atoms with Crippen LogP contribution in [0.5, 0.6) is 0 Å². The average Bonchev–Trinajstić information content (AvgIpc) is 2.68. The highest BCUT2D eigenvalue weighted by Gasteiger charge is 2.21. The summed E-state index contributed by atoms with van der Waals surface area (Å²) in [6.45, 7) is 10.7. The van der Waals surface area contributed by atoms with Gasteiger partial charge in [-0.2, -0.15) is 0 Å². The van der Waals surface area contributed by atoms with Crippen LogP contribution in [0.3, 0.4) is 0 Å². The maximum atomic E-state index is 10.7. The Hall–Kier alpha value is -1.04. The minimum absolute atomic E-state index is 0.0185. The van der Waals surface area contributed by atoms with Crippen LogP contribution in [-0.4, -0.2) is 31.6 Å². The van der Waals surface area contributed by atoms with E-state index < -0.39 is 5.97 Å². The molecule has 1 unspecified atom stereocenters. The topological polar surface area (TPSA) is 68.0 Å². The highest BCUT2D eigenvalue weighted by atomic mass is 32.2. The second kappa shape index (κ2) is 6.93. The van der Waals surface area contributed by atoms with Gasteiger partial charge >= 0.3 is 5.97 Å². The van der Waals surface area contributed by atoms with Crippen molar-refractivity contribution in [1.29, 1.82) is 0 Å². The Balaban J connectivity index is 3.00. The maximum Gasteiger partial charge on any atom is 0.313 e. The summed E-state index contributed by atoms with van der Waals surface area (Å²) in [5.41, 5.74) is 0. The van der Waals surface area contributed by atoms with Crippen molar-refractivity contribution in [2.45, 2.75) is 58.2 Å². The van der Waals surface area contributed by atoms with E-state index in [4.69, 9.17) is 5.11 Å². The fraction of sp³-hybridized carbons (Fsp3) is 0.769. The zero-order chi connectivity index (χ0) is 14.6. The number of aliphatic carboxylic acids is 1. The van der Waals surface area contributed by atoms with E-state index in [0.29, 0.717) is 11.1 Å². The molecule has 108 valence electrons. The van der Waals surface area contributed by atoms with Gasteiger partial charge in [-0.3, -0.25) is 4.79 Å². The van der Waals surface area contributed by atoms with E-state index in [-0.39, 0.29) is 17.7 Å². The number of thioether (sulfide) groups is 1. The molecular formula is C13H23N3O2S. The van der Waals surface area contributed by atoms with Crippen LogP contribution in [0.25, 0.3) is 0 Å². The van der Waals surface area contributed by atoms with Gasteiger partial charge in [-0.05, 0) is 19.3 Å². The molecule has 1 N–H and O–H groups in total. The predicted octanol–water partition coefficient (Wildman–Crippen LogP) is 3.19. The second-order valence-corrected chi connectivity index (χ2v) is 6.47. The molecule has 1 aromatic heterocycles. The molecule has 5 nitrogen and oxygen atoms in total. The Morgan fingerprint density at radius 1 is 1.26 bits per heavy atom. The van der Waals surface area contributed by atoms with Crippen LogP contribution in [0.2, 0.25) is 0 Å². The highest BCUT2D eigenvalue weighted by molar-refractivity contribution is 7.99. The summed E-state index contributed by atoms with van der Waals surface area (Å²) < 4.78 is 2.10. The van der Waals surface area contributed by atoms with Gasteiger partial charge in [0, 0.05) is 12.0 Å². The first-order valence-corrected chi connectivity index (χ1v) is 7.60. The van der Waals surface area contributed by atoms with Gasteiger partial charge in [0.1, 0.15) is 5.82 Å². The molecule has 1 rings (SSSR count). The molecule has 0 bridgehead atoms. The van der Waals surface area contributed by atoms with E-state index in [0.717, 1.165) is 12.2 Å². The molecule has 0 aliphatic rings. The molecule has 1 aromatic rings. The van der Waals surface area contributed by atoms with E-state index in [1.165, 1.54) is 11.8 Å². The number of aromatic nitrogens is 3. The number of nitrogens with zero attached hydrogens (tertiary/aromatic N) is 3. The SMILES string of the molecule is CC(C)CC(C)n1c(SCC(=O)O)nnc1C(C)C. The minimum atomic E-state index is -0.831. The van der Waals surface area contributed by atoms with Crippen molar-refractivity contribution in [3.05, 3.63) is 5.82 Å². The average molecular weight is 285 g/mol. The molecule has 0 fully saturated rings. The van der Waals surface area contributed by atoms with E-state index in [1.54, 1.807) is 0 Å². The van der Waals surface area contributed by atoms with Crippen LogP contribution in [0, 0.1) is 5.92 Å². The summed E-state index contributed by atoms with van der Waals surface area (Å²) in [5, 5.41) is 17.9. The third-order valence-corrected chi connectivity index (χ3v) is 3.71. The monoisotopic (exact) mass is 285 g/mol. The molecule has 6 heteroatoms. The number of rotatable bonds is 7. The minimum Gasteiger partial charge on any atom is -0.481 e. The highest BCUT2D eigenvalue weighted by Crippen LogP contribution is 2.28. The van der Waals surface area contributed by atoms with Crippen molar-refractivity contribution in [2.75, 3.05) is 5.75 Å². The van der Waals surface area contributed by atoms with Crippen LogP contribution in [-0.2, 0) is 4.79 Å². The number of hydrogen-bond acceptors (Lipinski definition) is 4. The lowest BCUT2D eigenvalue weighted by Crippen LogP contribution is -2.14. The van der Waals surface area contributed by atoms with Crippen molar-refractivity contribution < 1.29 is 9.90 Å². The lowest BCUT2D eigenvalue weighted by atomic mass is 10.0. The molecule has 1 atom stereocenters. The quantitative estimate of drug-likeness (QED) is 0.779. The van der Waals surface area contributed by atoms with Crippen LogP contribution < -0.4 is 0 Å². The number of carboxylic acid groups (broad SMARTS) is 1. The van der Waals surface area contributed by atoms with E-state index in [1.807, 2.05) is 0 Å². The Bertz CT molecular complexity index is 430. The van der Waals surface area contributed by atoms with E-state index in [2.05, 4.69) is 49.4 Å². The normalized spacial score (nSPS) is 13.2. The molecule has 0 saturated carbocycles. The predicted molar refractivity (Wildman–Crippen MR) is 76.6 cm³/mol. The van der Waals surface area contributed by atoms with E-state index in [9.17, 15) is 4.79 Å². The van der Waals surface area contributed by atoms with Crippen molar-refractivity contribution >= 4 is 17.7 Å². The molecule has 1 heterocycles. The summed E-state index contributed by atoms with van der Waals surface area (Å²) in [6.07, 6.45) is 1.03. The van der Waals surface area contributed by atoms with Gasteiger partial charge in [0.2, 0.25) is 0 Å². The van der Waals surface area contributed by atoms with E-state index >= 15 is 0 Å². The molecule has 0 saturated heterocycles. The molecule has 0 amide bonds. The van der Waals surface area contributed by atoms with Crippen LogP contribution in [0.15, 0.2) is 5.16 Å². The number of carbonyl (C=O) groups is 1. The molecule has 0 aliphatic carbocycles. The van der Waals surface area contributed by atoms with Gasteiger partial charge in [0.25, 0.3) is 0 Å². The lowest BCUT2D eigenvalue weighted by molar-refractivity contribution is -0.133. The van der Waals surface area contributed by atoms with Crippen molar-refractivity contribution in [1.82, 2.24) is 14.8 Å². The summed E-state index contributed by atoms with van der Waals surface area (Å²) in [6, 6.07) is 0.281. The number of carboxylic acids is 1. The van der Waals surface area contributed by atoms with Crippen molar-refractivity contribution in [2.24, 2.45) is 5.92 Å². The Morgan fingerprint density at radius 3 is 2.37 bits per heavy atom. The molecule has 0 spiro atoms. The molecule has 0 radical (unpaired) electrons. The van der Waals surface area contributed by atoms with Crippen molar-refractivity contribution in [3.63, 3.8) is 0 Å². The summed E-state index contributed by atoms with van der Waals surface area (Å²) in [5.74, 6) is 0.976. The Morgan fingerprint density at radius 2 is 1.89 bits per heavy atom. The fourth-order valence-electron chi connectivity index (χ4n) is 2.11. The summed E-state index contributed by atoms with van der Waals surface area (Å²) in [7, 11) is 0. The third kappa shape index (κ3) is 4.53. The van der Waals surface area contributed by atoms with Gasteiger partial charge < -0.3 is 9.67 Å². The summed E-state index contributed by atoms with van der Waals surface area (Å²) >= 11 is 1.24. The zero-order valence-corrected chi connectivity index (χ0v) is 13.1. The molecule has 0 aliphatic heterocycles. The molecule has 0 aromatic carbocycles. The number of hydrogen-bond donors (Lipinski definition) is 1. The maximum absolute atomic E-state index is 10.7. The Labute approximate surface area is 118 Å². The first-order valence-electron chi connectivity index (χ1n) is 6.62. The first kappa shape index (κ1) is 16.0. The van der Waals surface area contributed by atoms with Gasteiger partial charge in [-0.15, -0.1) is 10.2 Å². The molecule has 19 heavy (non-hydrogen) atoms. The van der Waals surface area contributed by atoms with Crippen LogP contribution >= 0.6 is 11.8 Å². The third-order valence-electron chi connectivity index (χ3n) is 2.79. The van der Waals surface area contributed by atoms with Gasteiger partial charge in [-0.25, -0.2) is 0 Å². The Kier molecular flexibility index (Phi) is 5.85. The standard InChI is InChI=1S/C13H23N3O2S/c1-8(2)6-10(5)16-12(9(3)4)14-15-13(16)19-7-11(17)18/h8-10H,6-7H2,1-5H3,(H,17,18). The van der Waals surface area contributed by atoms with Crippen LogP contribution in [0.1, 0.15) is 58.8 Å². The molecular weight excluding hydrogens is 262 g/mol. The van der Waals surface area contributed by atoms with Gasteiger partial charge in [-0.1, -0.05) is 39.5 Å². The summed E-state index contributed by atoms with van der Waals surface area (Å²) in [4.78, 5) is 10.7. The first-order chi connectivity index (χ1) is 8.82. The largest absolute Gasteiger partial charge is 0.481 e. The zero-order valence-electron chi connectivity index (χ0n) is 12.3. The smallest absolute Gasteiger partial charge is 0.313 e. The fourth-order valence-corrected chi connectivity index (χ4v) is 2.87.